The predicted molar refractivity (Wildman–Crippen MR) is 72.0 cm³/mol. The summed E-state index contributed by atoms with van der Waals surface area (Å²) in [5, 5.41) is 5.74. The van der Waals surface area contributed by atoms with Gasteiger partial charge in [0.05, 0.1) is 6.61 Å². The van der Waals surface area contributed by atoms with Gasteiger partial charge in [0.1, 0.15) is 0 Å². The number of nitrogens with one attached hydrogen (secondary N) is 1. The van der Waals surface area contributed by atoms with Gasteiger partial charge < -0.3 is 10.1 Å². The van der Waals surface area contributed by atoms with Crippen LogP contribution in [-0.2, 0) is 4.74 Å². The summed E-state index contributed by atoms with van der Waals surface area (Å²) in [4.78, 5) is 1.41. The summed E-state index contributed by atoms with van der Waals surface area (Å²) < 4.78 is 6.83. The average Bonchev–Trinajstić information content (AvgIpc) is 2.73. The minimum atomic E-state index is 0.444. The van der Waals surface area contributed by atoms with Gasteiger partial charge in [-0.3, -0.25) is 0 Å². The molecular formula is C12H18BrNOS. The molecule has 2 unspecified atom stereocenters. The molecular weight excluding hydrogens is 286 g/mol. The molecule has 0 bridgehead atoms. The highest BCUT2D eigenvalue weighted by atomic mass is 79.9. The van der Waals surface area contributed by atoms with Crippen molar-refractivity contribution in [3.8, 4) is 0 Å². The van der Waals surface area contributed by atoms with Crippen LogP contribution in [0.2, 0.25) is 0 Å². The minimum absolute atomic E-state index is 0.444. The maximum atomic E-state index is 5.60. The third-order valence-corrected chi connectivity index (χ3v) is 4.97. The summed E-state index contributed by atoms with van der Waals surface area (Å²) in [6.07, 6.45) is 2.46. The Hall–Kier alpha value is 0.1000. The Morgan fingerprint density at radius 1 is 1.69 bits per heavy atom. The van der Waals surface area contributed by atoms with E-state index in [1.807, 2.05) is 11.3 Å². The van der Waals surface area contributed by atoms with E-state index in [-0.39, 0.29) is 0 Å². The van der Waals surface area contributed by atoms with E-state index in [1.54, 1.807) is 0 Å². The van der Waals surface area contributed by atoms with Gasteiger partial charge in [-0.25, -0.2) is 0 Å². The van der Waals surface area contributed by atoms with Gasteiger partial charge >= 0.3 is 0 Å². The molecule has 0 radical (unpaired) electrons. The van der Waals surface area contributed by atoms with Crippen molar-refractivity contribution in [3.63, 3.8) is 0 Å². The molecule has 0 amide bonds. The first kappa shape index (κ1) is 12.6. The van der Waals surface area contributed by atoms with Gasteiger partial charge in [0, 0.05) is 27.9 Å². The van der Waals surface area contributed by atoms with E-state index >= 15 is 0 Å². The molecule has 1 aliphatic rings. The topological polar surface area (TPSA) is 21.3 Å². The van der Waals surface area contributed by atoms with E-state index in [2.05, 4.69) is 39.6 Å². The molecule has 1 aromatic heterocycles. The van der Waals surface area contributed by atoms with Gasteiger partial charge in [-0.05, 0) is 46.8 Å². The Balaban J connectivity index is 2.12. The largest absolute Gasteiger partial charge is 0.381 e. The van der Waals surface area contributed by atoms with E-state index in [1.165, 1.54) is 22.2 Å². The van der Waals surface area contributed by atoms with E-state index in [9.17, 15) is 0 Å². The summed E-state index contributed by atoms with van der Waals surface area (Å²) in [7, 11) is 0. The van der Waals surface area contributed by atoms with Gasteiger partial charge in [-0.15, -0.1) is 11.3 Å². The molecule has 2 rings (SSSR count). The Morgan fingerprint density at radius 2 is 2.56 bits per heavy atom. The second-order valence-electron chi connectivity index (χ2n) is 4.15. The SMILES string of the molecule is CCNC(c1sccc1Br)C1CCCOC1. The molecule has 90 valence electrons. The van der Waals surface area contributed by atoms with Gasteiger partial charge in [0.15, 0.2) is 0 Å². The fourth-order valence-electron chi connectivity index (χ4n) is 2.25. The number of rotatable bonds is 4. The predicted octanol–water partition coefficient (Wildman–Crippen LogP) is 3.59. The maximum Gasteiger partial charge on any atom is 0.0512 e. The Labute approximate surface area is 110 Å². The standard InChI is InChI=1S/C12H18BrNOS/c1-2-14-11(9-4-3-6-15-8-9)12-10(13)5-7-16-12/h5,7,9,11,14H,2-4,6,8H2,1H3. The third-order valence-electron chi connectivity index (χ3n) is 3.02. The second-order valence-corrected chi connectivity index (χ2v) is 5.95. The Bertz CT molecular complexity index is 323. The zero-order chi connectivity index (χ0) is 11.4. The molecule has 1 N–H and O–H groups in total. The van der Waals surface area contributed by atoms with Crippen molar-refractivity contribution in [3.05, 3.63) is 20.8 Å². The van der Waals surface area contributed by atoms with Gasteiger partial charge in [-0.1, -0.05) is 6.92 Å². The molecule has 2 heterocycles. The highest BCUT2D eigenvalue weighted by molar-refractivity contribution is 9.10. The molecule has 0 aliphatic carbocycles. The lowest BCUT2D eigenvalue weighted by atomic mass is 9.92. The van der Waals surface area contributed by atoms with Crippen molar-refractivity contribution in [2.75, 3.05) is 19.8 Å². The summed E-state index contributed by atoms with van der Waals surface area (Å²) in [5.41, 5.74) is 0. The molecule has 1 saturated heterocycles. The third kappa shape index (κ3) is 2.86. The molecule has 2 atom stereocenters. The van der Waals surface area contributed by atoms with Crippen molar-refractivity contribution < 1.29 is 4.74 Å². The van der Waals surface area contributed by atoms with Crippen molar-refractivity contribution in [2.45, 2.75) is 25.8 Å². The first-order chi connectivity index (χ1) is 7.83. The van der Waals surface area contributed by atoms with Crippen molar-refractivity contribution in [2.24, 2.45) is 5.92 Å². The van der Waals surface area contributed by atoms with E-state index < -0.39 is 0 Å². The van der Waals surface area contributed by atoms with Crippen LogP contribution in [0.15, 0.2) is 15.9 Å². The van der Waals surface area contributed by atoms with Gasteiger partial charge in [0.2, 0.25) is 0 Å². The highest BCUT2D eigenvalue weighted by Crippen LogP contribution is 2.36. The number of ether oxygens (including phenoxy) is 1. The highest BCUT2D eigenvalue weighted by Gasteiger charge is 2.27. The van der Waals surface area contributed by atoms with Crippen molar-refractivity contribution in [1.29, 1.82) is 0 Å². The lowest BCUT2D eigenvalue weighted by Gasteiger charge is -2.30. The van der Waals surface area contributed by atoms with Gasteiger partial charge in [-0.2, -0.15) is 0 Å². The molecule has 0 saturated carbocycles. The zero-order valence-corrected chi connectivity index (χ0v) is 11.9. The number of hydrogen-bond donors (Lipinski definition) is 1. The Morgan fingerprint density at radius 3 is 3.12 bits per heavy atom. The minimum Gasteiger partial charge on any atom is -0.381 e. The van der Waals surface area contributed by atoms with Crippen LogP contribution >= 0.6 is 27.3 Å². The van der Waals surface area contributed by atoms with Crippen LogP contribution in [0.3, 0.4) is 0 Å². The van der Waals surface area contributed by atoms with Crippen LogP contribution in [0.25, 0.3) is 0 Å². The van der Waals surface area contributed by atoms with Crippen LogP contribution in [0.5, 0.6) is 0 Å². The first-order valence-corrected chi connectivity index (χ1v) is 7.54. The molecule has 2 nitrogen and oxygen atoms in total. The second kappa shape index (κ2) is 6.15. The fourth-order valence-corrected chi connectivity index (χ4v) is 4.04. The summed E-state index contributed by atoms with van der Waals surface area (Å²) in [6.45, 7) is 4.99. The lowest BCUT2D eigenvalue weighted by molar-refractivity contribution is 0.0397. The zero-order valence-electron chi connectivity index (χ0n) is 9.54. The van der Waals surface area contributed by atoms with E-state index in [0.29, 0.717) is 12.0 Å². The van der Waals surface area contributed by atoms with Crippen LogP contribution in [0, 0.1) is 5.92 Å². The van der Waals surface area contributed by atoms with Crippen LogP contribution in [0.1, 0.15) is 30.7 Å². The fraction of sp³-hybridized carbons (Fsp3) is 0.667. The molecule has 1 aliphatic heterocycles. The van der Waals surface area contributed by atoms with Crippen LogP contribution in [-0.4, -0.2) is 19.8 Å². The van der Waals surface area contributed by atoms with Crippen molar-refractivity contribution in [1.82, 2.24) is 5.32 Å². The molecule has 1 aromatic rings. The summed E-state index contributed by atoms with van der Waals surface area (Å²) in [6, 6.07) is 2.58. The van der Waals surface area contributed by atoms with Crippen LogP contribution < -0.4 is 5.32 Å². The Kier molecular flexibility index (Phi) is 4.82. The lowest BCUT2D eigenvalue weighted by Crippen LogP contribution is -2.33. The summed E-state index contributed by atoms with van der Waals surface area (Å²) in [5.74, 6) is 0.614. The normalized spacial score (nSPS) is 23.2. The molecule has 0 spiro atoms. The smallest absolute Gasteiger partial charge is 0.0512 e. The summed E-state index contributed by atoms with van der Waals surface area (Å²) >= 11 is 5.46. The van der Waals surface area contributed by atoms with Crippen molar-refractivity contribution >= 4 is 27.3 Å². The molecule has 16 heavy (non-hydrogen) atoms. The number of hydrogen-bond acceptors (Lipinski definition) is 3. The first-order valence-electron chi connectivity index (χ1n) is 5.87. The van der Waals surface area contributed by atoms with Gasteiger partial charge in [0.25, 0.3) is 0 Å². The number of thiophene rings is 1. The van der Waals surface area contributed by atoms with E-state index in [0.717, 1.165) is 19.8 Å². The van der Waals surface area contributed by atoms with Crippen LogP contribution in [0.4, 0.5) is 0 Å². The number of halogens is 1. The average molecular weight is 304 g/mol. The molecule has 4 heteroatoms. The quantitative estimate of drug-likeness (QED) is 0.918. The van der Waals surface area contributed by atoms with E-state index in [4.69, 9.17) is 4.74 Å². The maximum absolute atomic E-state index is 5.60. The molecule has 0 aromatic carbocycles. The molecule has 1 fully saturated rings. The monoisotopic (exact) mass is 303 g/mol.